The lowest BCUT2D eigenvalue weighted by molar-refractivity contribution is 0.0934. The summed E-state index contributed by atoms with van der Waals surface area (Å²) in [4.78, 5) is 16.6. The van der Waals surface area contributed by atoms with Gasteiger partial charge in [0.25, 0.3) is 5.91 Å². The predicted octanol–water partition coefficient (Wildman–Crippen LogP) is 2.51. The molecule has 23 heavy (non-hydrogen) atoms. The number of rotatable bonds is 4. The summed E-state index contributed by atoms with van der Waals surface area (Å²) in [6.07, 6.45) is 5.23. The van der Waals surface area contributed by atoms with Crippen molar-refractivity contribution in [2.24, 2.45) is 0 Å². The van der Waals surface area contributed by atoms with Crippen LogP contribution in [0.25, 0.3) is 5.65 Å². The van der Waals surface area contributed by atoms with Crippen molar-refractivity contribution in [2.45, 2.75) is 33.4 Å². The fraction of sp³-hybridized carbons (Fsp3) is 0.333. The Labute approximate surface area is 141 Å². The third kappa shape index (κ3) is 2.98. The lowest BCUT2D eigenvalue weighted by Crippen LogP contribution is -2.27. The average Bonchev–Trinajstić information content (AvgIpc) is 3.09. The van der Waals surface area contributed by atoms with Gasteiger partial charge in [-0.1, -0.05) is 0 Å². The van der Waals surface area contributed by atoms with Crippen LogP contribution in [0.4, 0.5) is 0 Å². The van der Waals surface area contributed by atoms with Crippen LogP contribution >= 0.6 is 15.9 Å². The molecule has 0 aliphatic heterocycles. The van der Waals surface area contributed by atoms with Gasteiger partial charge in [-0.2, -0.15) is 10.2 Å². The SMILES string of the molecule is CCn1ncc([C@H](C)NC(=O)c2cc3ncc(Br)cn3n2)c1C. The monoisotopic (exact) mass is 376 g/mol. The zero-order chi connectivity index (χ0) is 16.6. The molecule has 1 amide bonds. The maximum absolute atomic E-state index is 12.4. The quantitative estimate of drug-likeness (QED) is 0.758. The summed E-state index contributed by atoms with van der Waals surface area (Å²) in [5.74, 6) is -0.234. The number of hydrogen-bond acceptors (Lipinski definition) is 4. The molecule has 0 fully saturated rings. The fourth-order valence-electron chi connectivity index (χ4n) is 2.52. The molecule has 3 heterocycles. The van der Waals surface area contributed by atoms with Crippen LogP contribution in [0.2, 0.25) is 0 Å². The standard InChI is InChI=1S/C15H17BrN6O/c1-4-21-10(3)12(7-18-21)9(2)19-15(23)13-5-14-17-6-11(16)8-22(14)20-13/h5-9H,4H2,1-3H3,(H,19,23)/t9-/m0/s1. The smallest absolute Gasteiger partial charge is 0.272 e. The van der Waals surface area contributed by atoms with E-state index in [0.29, 0.717) is 11.3 Å². The Balaban J connectivity index is 1.80. The highest BCUT2D eigenvalue weighted by Gasteiger charge is 2.18. The summed E-state index contributed by atoms with van der Waals surface area (Å²) in [7, 11) is 0. The number of amides is 1. The number of carbonyl (C=O) groups excluding carboxylic acids is 1. The highest BCUT2D eigenvalue weighted by molar-refractivity contribution is 9.10. The Bertz CT molecular complexity index is 868. The van der Waals surface area contributed by atoms with E-state index in [1.807, 2.05) is 25.5 Å². The summed E-state index contributed by atoms with van der Waals surface area (Å²) in [6.45, 7) is 6.78. The minimum atomic E-state index is -0.234. The van der Waals surface area contributed by atoms with Gasteiger partial charge in [-0.3, -0.25) is 9.48 Å². The van der Waals surface area contributed by atoms with E-state index in [0.717, 1.165) is 22.3 Å². The number of carbonyl (C=O) groups is 1. The van der Waals surface area contributed by atoms with Crippen molar-refractivity contribution in [1.29, 1.82) is 0 Å². The van der Waals surface area contributed by atoms with E-state index >= 15 is 0 Å². The summed E-state index contributed by atoms with van der Waals surface area (Å²) in [5, 5.41) is 11.5. The summed E-state index contributed by atoms with van der Waals surface area (Å²) in [6, 6.07) is 1.52. The van der Waals surface area contributed by atoms with Gasteiger partial charge in [0.05, 0.1) is 16.7 Å². The molecule has 3 aromatic heterocycles. The largest absolute Gasteiger partial charge is 0.344 e. The van der Waals surface area contributed by atoms with Crippen molar-refractivity contribution in [1.82, 2.24) is 29.7 Å². The number of nitrogens with zero attached hydrogens (tertiary/aromatic N) is 5. The molecule has 3 rings (SSSR count). The van der Waals surface area contributed by atoms with E-state index in [2.05, 4.69) is 36.4 Å². The molecule has 0 bridgehead atoms. The van der Waals surface area contributed by atoms with Crippen molar-refractivity contribution >= 4 is 27.5 Å². The van der Waals surface area contributed by atoms with Crippen LogP contribution in [0.15, 0.2) is 29.1 Å². The molecule has 0 radical (unpaired) electrons. The molecule has 0 aliphatic carbocycles. The van der Waals surface area contributed by atoms with Gasteiger partial charge in [0.15, 0.2) is 11.3 Å². The maximum Gasteiger partial charge on any atom is 0.272 e. The number of halogens is 1. The molecule has 0 aromatic carbocycles. The molecule has 0 saturated heterocycles. The van der Waals surface area contributed by atoms with Crippen LogP contribution in [-0.4, -0.2) is 30.3 Å². The lowest BCUT2D eigenvalue weighted by atomic mass is 10.1. The summed E-state index contributed by atoms with van der Waals surface area (Å²) >= 11 is 3.33. The number of aryl methyl sites for hydroxylation is 1. The third-order valence-corrected chi connectivity index (χ3v) is 4.18. The summed E-state index contributed by atoms with van der Waals surface area (Å²) in [5.41, 5.74) is 3.02. The Morgan fingerprint density at radius 3 is 2.91 bits per heavy atom. The highest BCUT2D eigenvalue weighted by Crippen LogP contribution is 2.17. The number of hydrogen-bond donors (Lipinski definition) is 1. The molecule has 8 heteroatoms. The van der Waals surface area contributed by atoms with E-state index in [-0.39, 0.29) is 11.9 Å². The molecule has 1 N–H and O–H groups in total. The minimum Gasteiger partial charge on any atom is -0.344 e. The lowest BCUT2D eigenvalue weighted by Gasteiger charge is -2.12. The van der Waals surface area contributed by atoms with Gasteiger partial charge in [0.1, 0.15) is 0 Å². The van der Waals surface area contributed by atoms with Gasteiger partial charge in [-0.05, 0) is 36.7 Å². The van der Waals surface area contributed by atoms with E-state index in [1.54, 1.807) is 29.2 Å². The molecular formula is C15H17BrN6O. The Morgan fingerprint density at radius 1 is 1.43 bits per heavy atom. The number of fused-ring (bicyclic) bond motifs is 1. The first kappa shape index (κ1) is 15.7. The topological polar surface area (TPSA) is 77.1 Å². The molecule has 1 atom stereocenters. The van der Waals surface area contributed by atoms with Gasteiger partial charge in [-0.15, -0.1) is 0 Å². The van der Waals surface area contributed by atoms with Crippen LogP contribution in [0.3, 0.4) is 0 Å². The predicted molar refractivity (Wildman–Crippen MR) is 89.2 cm³/mol. The van der Waals surface area contributed by atoms with Crippen LogP contribution in [0, 0.1) is 6.92 Å². The van der Waals surface area contributed by atoms with E-state index in [9.17, 15) is 4.79 Å². The average molecular weight is 377 g/mol. The van der Waals surface area contributed by atoms with Crippen molar-refractivity contribution in [3.8, 4) is 0 Å². The highest BCUT2D eigenvalue weighted by atomic mass is 79.9. The first-order valence-electron chi connectivity index (χ1n) is 7.33. The fourth-order valence-corrected chi connectivity index (χ4v) is 2.81. The molecule has 0 aliphatic rings. The maximum atomic E-state index is 12.4. The normalized spacial score (nSPS) is 12.5. The van der Waals surface area contributed by atoms with E-state index in [4.69, 9.17) is 0 Å². The van der Waals surface area contributed by atoms with Crippen LogP contribution in [0.1, 0.15) is 41.6 Å². The minimum absolute atomic E-state index is 0.146. The third-order valence-electron chi connectivity index (χ3n) is 3.77. The van der Waals surface area contributed by atoms with Crippen LogP contribution in [-0.2, 0) is 6.54 Å². The van der Waals surface area contributed by atoms with Crippen LogP contribution in [0.5, 0.6) is 0 Å². The molecular weight excluding hydrogens is 360 g/mol. The van der Waals surface area contributed by atoms with Crippen molar-refractivity contribution < 1.29 is 4.79 Å². The van der Waals surface area contributed by atoms with Crippen molar-refractivity contribution in [2.75, 3.05) is 0 Å². The Kier molecular flexibility index (Phi) is 4.16. The Morgan fingerprint density at radius 2 is 2.22 bits per heavy atom. The summed E-state index contributed by atoms with van der Waals surface area (Å²) < 4.78 is 4.28. The molecule has 0 unspecified atom stereocenters. The van der Waals surface area contributed by atoms with Crippen molar-refractivity contribution in [3.05, 3.63) is 46.1 Å². The van der Waals surface area contributed by atoms with Crippen LogP contribution < -0.4 is 5.32 Å². The zero-order valence-corrected chi connectivity index (χ0v) is 14.7. The van der Waals surface area contributed by atoms with Gasteiger partial charge >= 0.3 is 0 Å². The first-order chi connectivity index (χ1) is 11.0. The number of nitrogens with one attached hydrogen (secondary N) is 1. The first-order valence-corrected chi connectivity index (χ1v) is 8.13. The van der Waals surface area contributed by atoms with E-state index in [1.165, 1.54) is 0 Å². The second-order valence-corrected chi connectivity index (χ2v) is 6.22. The van der Waals surface area contributed by atoms with Crippen molar-refractivity contribution in [3.63, 3.8) is 0 Å². The molecule has 120 valence electrons. The van der Waals surface area contributed by atoms with Gasteiger partial charge in [0.2, 0.25) is 0 Å². The Hall–Kier alpha value is -2.22. The van der Waals surface area contributed by atoms with Gasteiger partial charge in [-0.25, -0.2) is 9.50 Å². The molecule has 0 saturated carbocycles. The van der Waals surface area contributed by atoms with Gasteiger partial charge in [0, 0.05) is 36.3 Å². The second-order valence-electron chi connectivity index (χ2n) is 5.30. The zero-order valence-electron chi connectivity index (χ0n) is 13.1. The second kappa shape index (κ2) is 6.11. The van der Waals surface area contributed by atoms with E-state index < -0.39 is 0 Å². The molecule has 3 aromatic rings. The number of aromatic nitrogens is 5. The molecule has 7 nitrogen and oxygen atoms in total. The van der Waals surface area contributed by atoms with Gasteiger partial charge < -0.3 is 5.32 Å². The molecule has 0 spiro atoms.